The van der Waals surface area contributed by atoms with Gasteiger partial charge in [-0.05, 0) is 42.7 Å². The molecule has 4 rings (SSSR count). The van der Waals surface area contributed by atoms with E-state index in [1.807, 2.05) is 12.1 Å². The molecule has 7 heteroatoms. The number of amides is 1. The Labute approximate surface area is 176 Å². The summed E-state index contributed by atoms with van der Waals surface area (Å²) in [6.45, 7) is 2.35. The van der Waals surface area contributed by atoms with E-state index in [1.165, 1.54) is 11.3 Å². The van der Waals surface area contributed by atoms with Crippen molar-refractivity contribution >= 4 is 11.6 Å². The third kappa shape index (κ3) is 4.10. The molecule has 2 heterocycles. The summed E-state index contributed by atoms with van der Waals surface area (Å²) >= 11 is 0. The molecule has 0 saturated heterocycles. The van der Waals surface area contributed by atoms with Crippen LogP contribution in [0.4, 0.5) is 5.69 Å². The zero-order valence-electron chi connectivity index (χ0n) is 17.3. The van der Waals surface area contributed by atoms with Crippen LogP contribution in [-0.4, -0.2) is 50.0 Å². The number of carbonyl (C=O) groups excluding carboxylic acids is 1. The Morgan fingerprint density at radius 2 is 2.03 bits per heavy atom. The lowest BCUT2D eigenvalue weighted by atomic mass is 10.0. The molecule has 0 saturated carbocycles. The highest BCUT2D eigenvalue weighted by Gasteiger charge is 2.17. The van der Waals surface area contributed by atoms with Crippen molar-refractivity contribution in [3.63, 3.8) is 0 Å². The predicted octanol–water partition coefficient (Wildman–Crippen LogP) is 3.28. The van der Waals surface area contributed by atoms with Crippen LogP contribution in [0.2, 0.25) is 0 Å². The van der Waals surface area contributed by atoms with Crippen LogP contribution in [0.15, 0.2) is 48.5 Å². The number of methoxy groups -OCH3 is 2. The molecule has 2 aromatic carbocycles. The molecule has 2 N–H and O–H groups in total. The molecule has 0 atom stereocenters. The van der Waals surface area contributed by atoms with E-state index in [0.717, 1.165) is 31.5 Å². The Bertz CT molecular complexity index is 1030. The Kier molecular flexibility index (Phi) is 5.88. The molecule has 0 unspecified atom stereocenters. The van der Waals surface area contributed by atoms with Gasteiger partial charge in [-0.1, -0.05) is 18.2 Å². The zero-order chi connectivity index (χ0) is 20.9. The molecule has 0 spiro atoms. The molecule has 3 aromatic rings. The average molecular weight is 406 g/mol. The van der Waals surface area contributed by atoms with E-state index in [4.69, 9.17) is 9.47 Å². The molecule has 7 nitrogen and oxygen atoms in total. The minimum atomic E-state index is -0.175. The average Bonchev–Trinajstić information content (AvgIpc) is 3.29. The van der Waals surface area contributed by atoms with Gasteiger partial charge in [0.2, 0.25) is 0 Å². The van der Waals surface area contributed by atoms with Gasteiger partial charge in [-0.25, -0.2) is 0 Å². The second kappa shape index (κ2) is 8.90. The van der Waals surface area contributed by atoms with Gasteiger partial charge in [-0.15, -0.1) is 0 Å². The van der Waals surface area contributed by atoms with Gasteiger partial charge in [0, 0.05) is 37.0 Å². The summed E-state index contributed by atoms with van der Waals surface area (Å²) in [5.41, 5.74) is 4.50. The number of para-hydroxylation sites is 1. The van der Waals surface area contributed by atoms with E-state index in [2.05, 4.69) is 44.7 Å². The molecule has 30 heavy (non-hydrogen) atoms. The molecule has 0 radical (unpaired) electrons. The fraction of sp³-hybridized carbons (Fsp3) is 0.304. The van der Waals surface area contributed by atoms with E-state index in [1.54, 1.807) is 26.4 Å². The van der Waals surface area contributed by atoms with Crippen molar-refractivity contribution in [1.82, 2.24) is 15.5 Å². The van der Waals surface area contributed by atoms with Crippen molar-refractivity contribution < 1.29 is 14.3 Å². The summed E-state index contributed by atoms with van der Waals surface area (Å²) in [6, 6.07) is 15.7. The van der Waals surface area contributed by atoms with Crippen LogP contribution in [0.25, 0.3) is 11.3 Å². The predicted molar refractivity (Wildman–Crippen MR) is 116 cm³/mol. The van der Waals surface area contributed by atoms with Crippen molar-refractivity contribution in [3.05, 3.63) is 59.8 Å². The molecule has 0 aliphatic carbocycles. The van der Waals surface area contributed by atoms with Crippen molar-refractivity contribution in [2.75, 3.05) is 38.8 Å². The summed E-state index contributed by atoms with van der Waals surface area (Å²) in [7, 11) is 3.20. The minimum Gasteiger partial charge on any atom is -0.497 e. The topological polar surface area (TPSA) is 79.5 Å². The number of aromatic amines is 1. The summed E-state index contributed by atoms with van der Waals surface area (Å²) in [5, 5.41) is 10.1. The lowest BCUT2D eigenvalue weighted by Gasteiger charge is -2.31. The highest BCUT2D eigenvalue weighted by molar-refractivity contribution is 5.93. The highest BCUT2D eigenvalue weighted by atomic mass is 16.5. The standard InChI is InChI=1S/C23H26N4O3/c1-29-17-9-10-18(22(14-17)30-2)19-15-20(26-25-19)23(28)24-11-13-27-12-5-7-16-6-3-4-8-21(16)27/h3-4,6,8-10,14-15H,5,7,11-13H2,1-2H3,(H,24,28)(H,25,26). The SMILES string of the molecule is COc1ccc(-c2cc(C(=O)NCCN3CCCc4ccccc43)[nH]n2)c(OC)c1. The summed E-state index contributed by atoms with van der Waals surface area (Å²) < 4.78 is 10.7. The maximum atomic E-state index is 12.6. The molecule has 1 aliphatic heterocycles. The molecule has 0 fully saturated rings. The summed E-state index contributed by atoms with van der Waals surface area (Å²) in [5.74, 6) is 1.16. The van der Waals surface area contributed by atoms with Gasteiger partial charge in [0.15, 0.2) is 0 Å². The van der Waals surface area contributed by atoms with Crippen LogP contribution in [-0.2, 0) is 6.42 Å². The van der Waals surface area contributed by atoms with E-state index in [-0.39, 0.29) is 5.91 Å². The maximum absolute atomic E-state index is 12.6. The van der Waals surface area contributed by atoms with Crippen molar-refractivity contribution in [2.24, 2.45) is 0 Å². The Balaban J connectivity index is 1.39. The molecular weight excluding hydrogens is 380 g/mol. The van der Waals surface area contributed by atoms with Crippen molar-refractivity contribution in [1.29, 1.82) is 0 Å². The molecule has 1 aromatic heterocycles. The number of benzene rings is 2. The summed E-state index contributed by atoms with van der Waals surface area (Å²) in [4.78, 5) is 14.9. The normalized spacial score (nSPS) is 12.9. The number of nitrogens with zero attached hydrogens (tertiary/aromatic N) is 2. The Morgan fingerprint density at radius 3 is 2.87 bits per heavy atom. The second-order valence-corrected chi connectivity index (χ2v) is 7.21. The smallest absolute Gasteiger partial charge is 0.269 e. The minimum absolute atomic E-state index is 0.175. The number of hydrogen-bond donors (Lipinski definition) is 2. The van der Waals surface area contributed by atoms with Crippen LogP contribution >= 0.6 is 0 Å². The van der Waals surface area contributed by atoms with Gasteiger partial charge in [0.25, 0.3) is 5.91 Å². The van der Waals surface area contributed by atoms with Crippen molar-refractivity contribution in [3.8, 4) is 22.8 Å². The number of hydrogen-bond acceptors (Lipinski definition) is 5. The van der Waals surface area contributed by atoms with Gasteiger partial charge in [-0.3, -0.25) is 9.89 Å². The van der Waals surface area contributed by atoms with E-state index >= 15 is 0 Å². The first-order valence-electron chi connectivity index (χ1n) is 10.1. The first-order chi connectivity index (χ1) is 14.7. The quantitative estimate of drug-likeness (QED) is 0.630. The summed E-state index contributed by atoms with van der Waals surface area (Å²) in [6.07, 6.45) is 2.25. The van der Waals surface area contributed by atoms with Crippen LogP contribution < -0.4 is 19.7 Å². The van der Waals surface area contributed by atoms with Gasteiger partial charge in [0.1, 0.15) is 17.2 Å². The van der Waals surface area contributed by atoms with Gasteiger partial charge < -0.3 is 19.7 Å². The van der Waals surface area contributed by atoms with E-state index < -0.39 is 0 Å². The molecule has 1 amide bonds. The van der Waals surface area contributed by atoms with Crippen LogP contribution in [0, 0.1) is 0 Å². The van der Waals surface area contributed by atoms with E-state index in [0.29, 0.717) is 29.4 Å². The van der Waals surface area contributed by atoms with Gasteiger partial charge in [0.05, 0.1) is 19.9 Å². The van der Waals surface area contributed by atoms with Gasteiger partial charge >= 0.3 is 0 Å². The number of H-pyrrole nitrogens is 1. The molecule has 156 valence electrons. The van der Waals surface area contributed by atoms with Crippen LogP contribution in [0.5, 0.6) is 11.5 Å². The molecule has 0 bridgehead atoms. The number of ether oxygens (including phenoxy) is 2. The fourth-order valence-electron chi connectivity index (χ4n) is 3.83. The number of rotatable bonds is 7. The highest BCUT2D eigenvalue weighted by Crippen LogP contribution is 2.32. The van der Waals surface area contributed by atoms with Crippen molar-refractivity contribution in [2.45, 2.75) is 12.8 Å². The number of nitrogens with one attached hydrogen (secondary N) is 2. The maximum Gasteiger partial charge on any atom is 0.269 e. The lowest BCUT2D eigenvalue weighted by Crippen LogP contribution is -2.37. The zero-order valence-corrected chi connectivity index (χ0v) is 17.3. The Morgan fingerprint density at radius 1 is 1.17 bits per heavy atom. The molecular formula is C23H26N4O3. The second-order valence-electron chi connectivity index (χ2n) is 7.21. The fourth-order valence-corrected chi connectivity index (χ4v) is 3.83. The Hall–Kier alpha value is -3.48. The van der Waals surface area contributed by atoms with Crippen LogP contribution in [0.3, 0.4) is 0 Å². The third-order valence-electron chi connectivity index (χ3n) is 5.38. The largest absolute Gasteiger partial charge is 0.497 e. The lowest BCUT2D eigenvalue weighted by molar-refractivity contribution is 0.0949. The first-order valence-corrected chi connectivity index (χ1v) is 10.1. The monoisotopic (exact) mass is 406 g/mol. The molecule has 1 aliphatic rings. The number of carbonyl (C=O) groups is 1. The number of fused-ring (bicyclic) bond motifs is 1. The number of aryl methyl sites for hydroxylation is 1. The van der Waals surface area contributed by atoms with Gasteiger partial charge in [-0.2, -0.15) is 5.10 Å². The number of aromatic nitrogens is 2. The number of anilines is 1. The van der Waals surface area contributed by atoms with E-state index in [9.17, 15) is 4.79 Å². The third-order valence-corrected chi connectivity index (χ3v) is 5.38. The van der Waals surface area contributed by atoms with Crippen LogP contribution in [0.1, 0.15) is 22.5 Å². The first kappa shape index (κ1) is 19.8.